The van der Waals surface area contributed by atoms with Crippen molar-refractivity contribution in [2.24, 2.45) is 0 Å². The Morgan fingerprint density at radius 1 is 1.64 bits per heavy atom. The average molecular weight is 195 g/mol. The van der Waals surface area contributed by atoms with E-state index in [1.54, 1.807) is 12.5 Å². The molecule has 1 fully saturated rings. The minimum atomic E-state index is -0.530. The lowest BCUT2D eigenvalue weighted by molar-refractivity contribution is -0.143. The van der Waals surface area contributed by atoms with Crippen LogP contribution in [0.1, 0.15) is 18.9 Å². The third-order valence-electron chi connectivity index (χ3n) is 2.55. The Hall–Kier alpha value is -1.29. The van der Waals surface area contributed by atoms with Crippen molar-refractivity contribution in [3.63, 3.8) is 0 Å². The number of cyclic esters (lactones) is 1. The summed E-state index contributed by atoms with van der Waals surface area (Å²) < 4.78 is 9.85. The van der Waals surface area contributed by atoms with E-state index in [4.69, 9.17) is 9.15 Å². The van der Waals surface area contributed by atoms with Crippen molar-refractivity contribution in [1.29, 1.82) is 0 Å². The van der Waals surface area contributed by atoms with Crippen LogP contribution in [-0.2, 0) is 16.1 Å². The number of hydrogen-bond acceptors (Lipinski definition) is 4. The summed E-state index contributed by atoms with van der Waals surface area (Å²) in [4.78, 5) is 11.3. The second kappa shape index (κ2) is 3.46. The molecule has 1 atom stereocenters. The van der Waals surface area contributed by atoms with E-state index in [0.717, 1.165) is 12.0 Å². The topological polar surface area (TPSA) is 51.5 Å². The second-order valence-corrected chi connectivity index (χ2v) is 3.70. The van der Waals surface area contributed by atoms with Crippen molar-refractivity contribution in [3.05, 3.63) is 24.2 Å². The summed E-state index contributed by atoms with van der Waals surface area (Å²) in [6, 6.07) is 1.87. The molecule has 0 radical (unpaired) electrons. The Balaban J connectivity index is 1.94. The molecule has 0 aromatic carbocycles. The summed E-state index contributed by atoms with van der Waals surface area (Å²) in [5, 5.41) is 3.18. The number of rotatable bonds is 3. The van der Waals surface area contributed by atoms with E-state index >= 15 is 0 Å². The number of nitrogens with one attached hydrogen (secondary N) is 1. The van der Waals surface area contributed by atoms with Gasteiger partial charge >= 0.3 is 5.97 Å². The molecular formula is C10H13NO3. The van der Waals surface area contributed by atoms with Crippen LogP contribution < -0.4 is 5.32 Å². The van der Waals surface area contributed by atoms with Gasteiger partial charge in [-0.15, -0.1) is 0 Å². The standard InChI is InChI=1S/C10H13NO3/c1-10(3-5-14-9(10)12)11-6-8-2-4-13-7-8/h2,4,7,11H,3,5-6H2,1H3. The second-order valence-electron chi connectivity index (χ2n) is 3.70. The lowest BCUT2D eigenvalue weighted by Gasteiger charge is -2.19. The minimum absolute atomic E-state index is 0.166. The first-order valence-electron chi connectivity index (χ1n) is 4.64. The van der Waals surface area contributed by atoms with Gasteiger partial charge in [0.05, 0.1) is 19.1 Å². The van der Waals surface area contributed by atoms with Crippen LogP contribution in [0.25, 0.3) is 0 Å². The molecule has 1 saturated heterocycles. The van der Waals surface area contributed by atoms with Crippen LogP contribution in [0.15, 0.2) is 23.0 Å². The summed E-state index contributed by atoms with van der Waals surface area (Å²) in [6.45, 7) is 3.00. The summed E-state index contributed by atoms with van der Waals surface area (Å²) in [6.07, 6.45) is 4.01. The van der Waals surface area contributed by atoms with E-state index in [2.05, 4.69) is 5.32 Å². The van der Waals surface area contributed by atoms with Crippen molar-refractivity contribution in [2.45, 2.75) is 25.4 Å². The normalized spacial score (nSPS) is 26.5. The molecule has 0 amide bonds. The van der Waals surface area contributed by atoms with Crippen molar-refractivity contribution >= 4 is 5.97 Å². The Morgan fingerprint density at radius 2 is 2.50 bits per heavy atom. The molecule has 76 valence electrons. The highest BCUT2D eigenvalue weighted by Crippen LogP contribution is 2.19. The molecule has 2 heterocycles. The highest BCUT2D eigenvalue weighted by Gasteiger charge is 2.39. The summed E-state index contributed by atoms with van der Waals surface area (Å²) in [5.74, 6) is -0.166. The molecule has 2 rings (SSSR count). The van der Waals surface area contributed by atoms with Gasteiger partial charge in [-0.1, -0.05) is 0 Å². The van der Waals surface area contributed by atoms with E-state index in [1.165, 1.54) is 0 Å². The van der Waals surface area contributed by atoms with Gasteiger partial charge in [0.2, 0.25) is 0 Å². The van der Waals surface area contributed by atoms with Crippen LogP contribution in [0.3, 0.4) is 0 Å². The predicted molar refractivity (Wildman–Crippen MR) is 49.5 cm³/mol. The fourth-order valence-electron chi connectivity index (χ4n) is 1.46. The van der Waals surface area contributed by atoms with Crippen molar-refractivity contribution in [2.75, 3.05) is 6.61 Å². The number of hydrogen-bond donors (Lipinski definition) is 1. The lowest BCUT2D eigenvalue weighted by Crippen LogP contribution is -2.45. The third kappa shape index (κ3) is 1.65. The fourth-order valence-corrected chi connectivity index (χ4v) is 1.46. The number of carbonyl (C=O) groups excluding carboxylic acids is 1. The molecular weight excluding hydrogens is 182 g/mol. The van der Waals surface area contributed by atoms with Crippen LogP contribution in [0.2, 0.25) is 0 Å². The maximum Gasteiger partial charge on any atom is 0.326 e. The Kier molecular flexibility index (Phi) is 2.29. The molecule has 1 aliphatic heterocycles. The minimum Gasteiger partial charge on any atom is -0.472 e. The first-order chi connectivity index (χ1) is 6.71. The van der Waals surface area contributed by atoms with Crippen LogP contribution in [0, 0.1) is 0 Å². The number of furan rings is 1. The number of esters is 1. The van der Waals surface area contributed by atoms with Gasteiger partial charge in [0.25, 0.3) is 0 Å². The fraction of sp³-hybridized carbons (Fsp3) is 0.500. The molecule has 1 aromatic heterocycles. The molecule has 0 bridgehead atoms. The molecule has 4 heteroatoms. The van der Waals surface area contributed by atoms with Crippen molar-refractivity contribution < 1.29 is 13.9 Å². The van der Waals surface area contributed by atoms with Gasteiger partial charge in [-0.2, -0.15) is 0 Å². The first-order valence-corrected chi connectivity index (χ1v) is 4.64. The summed E-state index contributed by atoms with van der Waals surface area (Å²) in [5.41, 5.74) is 0.503. The zero-order valence-electron chi connectivity index (χ0n) is 8.08. The third-order valence-corrected chi connectivity index (χ3v) is 2.55. The maximum absolute atomic E-state index is 11.3. The van der Waals surface area contributed by atoms with E-state index in [-0.39, 0.29) is 5.97 Å². The highest BCUT2D eigenvalue weighted by atomic mass is 16.5. The van der Waals surface area contributed by atoms with E-state index in [0.29, 0.717) is 13.2 Å². The molecule has 0 saturated carbocycles. The molecule has 0 spiro atoms. The zero-order chi connectivity index (χ0) is 10.0. The monoisotopic (exact) mass is 195 g/mol. The van der Waals surface area contributed by atoms with Gasteiger partial charge in [0.1, 0.15) is 5.54 Å². The molecule has 1 aromatic rings. The summed E-state index contributed by atoms with van der Waals surface area (Å²) in [7, 11) is 0. The number of ether oxygens (including phenoxy) is 1. The van der Waals surface area contributed by atoms with E-state index in [9.17, 15) is 4.79 Å². The predicted octanol–water partition coefficient (Wildman–Crippen LogP) is 1.07. The lowest BCUT2D eigenvalue weighted by atomic mass is 10.0. The molecule has 0 aliphatic carbocycles. The first kappa shape index (κ1) is 9.27. The smallest absolute Gasteiger partial charge is 0.326 e. The van der Waals surface area contributed by atoms with Crippen molar-refractivity contribution in [3.8, 4) is 0 Å². The molecule has 4 nitrogen and oxygen atoms in total. The Labute approximate surface area is 82.2 Å². The Bertz CT molecular complexity index is 320. The average Bonchev–Trinajstić information content (AvgIpc) is 2.75. The molecule has 14 heavy (non-hydrogen) atoms. The van der Waals surface area contributed by atoms with Gasteiger partial charge in [-0.05, 0) is 13.0 Å². The van der Waals surface area contributed by atoms with Gasteiger partial charge in [0.15, 0.2) is 0 Å². The highest BCUT2D eigenvalue weighted by molar-refractivity contribution is 5.82. The summed E-state index contributed by atoms with van der Waals surface area (Å²) >= 11 is 0. The quantitative estimate of drug-likeness (QED) is 0.733. The van der Waals surface area contributed by atoms with Gasteiger partial charge in [-0.25, -0.2) is 0 Å². The van der Waals surface area contributed by atoms with Crippen LogP contribution >= 0.6 is 0 Å². The van der Waals surface area contributed by atoms with Gasteiger partial charge in [0, 0.05) is 18.5 Å². The largest absolute Gasteiger partial charge is 0.472 e. The molecule has 1 aliphatic rings. The van der Waals surface area contributed by atoms with E-state index < -0.39 is 5.54 Å². The van der Waals surface area contributed by atoms with Crippen LogP contribution in [0.5, 0.6) is 0 Å². The molecule has 1 unspecified atom stereocenters. The SMILES string of the molecule is CC1(NCc2ccoc2)CCOC1=O. The van der Waals surface area contributed by atoms with Gasteiger partial charge < -0.3 is 9.15 Å². The van der Waals surface area contributed by atoms with Crippen LogP contribution in [-0.4, -0.2) is 18.1 Å². The van der Waals surface area contributed by atoms with Gasteiger partial charge in [-0.3, -0.25) is 10.1 Å². The van der Waals surface area contributed by atoms with Crippen LogP contribution in [0.4, 0.5) is 0 Å². The Morgan fingerprint density at radius 3 is 3.07 bits per heavy atom. The zero-order valence-corrected chi connectivity index (χ0v) is 8.08. The van der Waals surface area contributed by atoms with E-state index in [1.807, 2.05) is 13.0 Å². The van der Waals surface area contributed by atoms with Crippen molar-refractivity contribution in [1.82, 2.24) is 5.32 Å². The molecule has 1 N–H and O–H groups in total. The maximum atomic E-state index is 11.3. The number of carbonyl (C=O) groups is 1.